The summed E-state index contributed by atoms with van der Waals surface area (Å²) >= 11 is 7.70. The third-order valence-corrected chi connectivity index (χ3v) is 4.56. The van der Waals surface area contributed by atoms with Crippen molar-refractivity contribution in [2.24, 2.45) is 0 Å². The molecule has 0 spiro atoms. The number of nitrogens with one attached hydrogen (secondary N) is 1. The van der Waals surface area contributed by atoms with Gasteiger partial charge in [0, 0.05) is 10.6 Å². The van der Waals surface area contributed by atoms with Crippen molar-refractivity contribution >= 4 is 40.9 Å². The summed E-state index contributed by atoms with van der Waals surface area (Å²) in [7, 11) is 0. The lowest BCUT2D eigenvalue weighted by Crippen LogP contribution is -2.21. The Morgan fingerprint density at radius 2 is 1.92 bits per heavy atom. The fraction of sp³-hybridized carbons (Fsp3) is 0.222. The SMILES string of the molecule is CSc1ccc(NC(=O)COC(=O)c2cc(Cl)c3c(c2)OCCO3)cc1. The predicted molar refractivity (Wildman–Crippen MR) is 99.6 cm³/mol. The minimum absolute atomic E-state index is 0.191. The molecule has 0 fully saturated rings. The molecule has 1 aliphatic heterocycles. The fourth-order valence-electron chi connectivity index (χ4n) is 2.31. The van der Waals surface area contributed by atoms with Crippen molar-refractivity contribution in [2.75, 3.05) is 31.4 Å². The molecule has 0 radical (unpaired) electrons. The van der Waals surface area contributed by atoms with Crippen LogP contribution in [0.3, 0.4) is 0 Å². The van der Waals surface area contributed by atoms with E-state index in [2.05, 4.69) is 5.32 Å². The van der Waals surface area contributed by atoms with Crippen LogP contribution in [0.4, 0.5) is 5.69 Å². The lowest BCUT2D eigenvalue weighted by atomic mass is 10.2. The molecule has 0 aliphatic carbocycles. The monoisotopic (exact) mass is 393 g/mol. The molecule has 1 aliphatic rings. The number of benzene rings is 2. The summed E-state index contributed by atoms with van der Waals surface area (Å²) in [5.74, 6) is -0.314. The van der Waals surface area contributed by atoms with Crippen LogP contribution in [0.2, 0.25) is 5.02 Å². The van der Waals surface area contributed by atoms with E-state index >= 15 is 0 Å². The van der Waals surface area contributed by atoms with Crippen molar-refractivity contribution in [3.8, 4) is 11.5 Å². The Balaban J connectivity index is 1.58. The van der Waals surface area contributed by atoms with Gasteiger partial charge in [0.05, 0.1) is 10.6 Å². The Morgan fingerprint density at radius 1 is 1.19 bits per heavy atom. The molecule has 2 aromatic rings. The molecular formula is C18H16ClNO5S. The topological polar surface area (TPSA) is 73.9 Å². The number of hydrogen-bond acceptors (Lipinski definition) is 6. The highest BCUT2D eigenvalue weighted by Gasteiger charge is 2.20. The van der Waals surface area contributed by atoms with E-state index in [1.807, 2.05) is 18.4 Å². The van der Waals surface area contributed by atoms with E-state index in [-0.39, 0.29) is 10.6 Å². The van der Waals surface area contributed by atoms with Gasteiger partial charge in [0.1, 0.15) is 13.2 Å². The van der Waals surface area contributed by atoms with E-state index < -0.39 is 18.5 Å². The molecule has 0 aromatic heterocycles. The summed E-state index contributed by atoms with van der Waals surface area (Å²) in [5, 5.41) is 2.92. The lowest BCUT2D eigenvalue weighted by Gasteiger charge is -2.19. The average Bonchev–Trinajstić information content (AvgIpc) is 2.66. The van der Waals surface area contributed by atoms with E-state index in [0.717, 1.165) is 4.90 Å². The first-order chi connectivity index (χ1) is 12.6. The molecule has 136 valence electrons. The van der Waals surface area contributed by atoms with Gasteiger partial charge in [0.25, 0.3) is 5.91 Å². The number of carbonyl (C=O) groups is 2. The largest absolute Gasteiger partial charge is 0.486 e. The summed E-state index contributed by atoms with van der Waals surface area (Å²) in [6.07, 6.45) is 1.97. The number of rotatable bonds is 5. The molecule has 6 nitrogen and oxygen atoms in total. The highest BCUT2D eigenvalue weighted by Crippen LogP contribution is 2.38. The number of esters is 1. The second-order valence-corrected chi connectivity index (χ2v) is 6.62. The van der Waals surface area contributed by atoms with E-state index in [0.29, 0.717) is 30.4 Å². The lowest BCUT2D eigenvalue weighted by molar-refractivity contribution is -0.119. The third kappa shape index (κ3) is 4.42. The Morgan fingerprint density at radius 3 is 2.65 bits per heavy atom. The number of amides is 1. The zero-order valence-corrected chi connectivity index (χ0v) is 15.5. The van der Waals surface area contributed by atoms with Crippen LogP contribution in [0, 0.1) is 0 Å². The van der Waals surface area contributed by atoms with Crippen molar-refractivity contribution in [2.45, 2.75) is 4.90 Å². The van der Waals surface area contributed by atoms with E-state index in [1.165, 1.54) is 12.1 Å². The number of halogens is 1. The van der Waals surface area contributed by atoms with Gasteiger partial charge in [-0.15, -0.1) is 11.8 Å². The maximum atomic E-state index is 12.2. The molecule has 0 saturated heterocycles. The van der Waals surface area contributed by atoms with Gasteiger partial charge in [-0.1, -0.05) is 11.6 Å². The van der Waals surface area contributed by atoms with Gasteiger partial charge in [0.2, 0.25) is 0 Å². The Hall–Kier alpha value is -2.38. The number of anilines is 1. The minimum Gasteiger partial charge on any atom is -0.486 e. The number of ether oxygens (including phenoxy) is 3. The highest BCUT2D eigenvalue weighted by molar-refractivity contribution is 7.98. The maximum absolute atomic E-state index is 12.2. The summed E-state index contributed by atoms with van der Waals surface area (Å²) in [6.45, 7) is 0.364. The van der Waals surface area contributed by atoms with Crippen LogP contribution in [-0.4, -0.2) is 38.0 Å². The molecule has 0 saturated carbocycles. The molecule has 26 heavy (non-hydrogen) atoms. The standard InChI is InChI=1S/C18H16ClNO5S/c1-26-13-4-2-12(3-5-13)20-16(21)10-25-18(22)11-8-14(19)17-15(9-11)23-6-7-24-17/h2-5,8-9H,6-7,10H2,1H3,(H,20,21). The van der Waals surface area contributed by atoms with Gasteiger partial charge in [-0.05, 0) is 42.7 Å². The second-order valence-electron chi connectivity index (χ2n) is 5.34. The van der Waals surface area contributed by atoms with Crippen LogP contribution >= 0.6 is 23.4 Å². The van der Waals surface area contributed by atoms with Crippen molar-refractivity contribution in [1.29, 1.82) is 0 Å². The molecule has 1 amide bonds. The molecular weight excluding hydrogens is 378 g/mol. The number of thioether (sulfide) groups is 1. The van der Waals surface area contributed by atoms with Crippen molar-refractivity contribution in [3.63, 3.8) is 0 Å². The third-order valence-electron chi connectivity index (χ3n) is 3.54. The molecule has 0 unspecified atom stereocenters. The van der Waals surface area contributed by atoms with Crippen LogP contribution < -0.4 is 14.8 Å². The van der Waals surface area contributed by atoms with Crippen molar-refractivity contribution in [3.05, 3.63) is 47.0 Å². The van der Waals surface area contributed by atoms with Crippen LogP contribution in [0.1, 0.15) is 10.4 Å². The number of carbonyl (C=O) groups excluding carboxylic acids is 2. The molecule has 0 bridgehead atoms. The first-order valence-electron chi connectivity index (χ1n) is 7.77. The van der Waals surface area contributed by atoms with Gasteiger partial charge in [0.15, 0.2) is 18.1 Å². The van der Waals surface area contributed by atoms with E-state index in [9.17, 15) is 9.59 Å². The van der Waals surface area contributed by atoms with Crippen LogP contribution in [0.25, 0.3) is 0 Å². The Labute approximate surface area is 159 Å². The summed E-state index contributed by atoms with van der Waals surface area (Å²) in [6, 6.07) is 10.3. The van der Waals surface area contributed by atoms with Gasteiger partial charge in [-0.3, -0.25) is 4.79 Å². The molecule has 1 heterocycles. The molecule has 8 heteroatoms. The first-order valence-corrected chi connectivity index (χ1v) is 9.37. The Kier molecular flexibility index (Phi) is 5.90. The second kappa shape index (κ2) is 8.33. The fourth-order valence-corrected chi connectivity index (χ4v) is 2.99. The van der Waals surface area contributed by atoms with E-state index in [4.69, 9.17) is 25.8 Å². The molecule has 0 atom stereocenters. The normalized spacial score (nSPS) is 12.4. The maximum Gasteiger partial charge on any atom is 0.338 e. The Bertz CT molecular complexity index is 825. The highest BCUT2D eigenvalue weighted by atomic mass is 35.5. The van der Waals surface area contributed by atoms with Crippen LogP contribution in [-0.2, 0) is 9.53 Å². The number of hydrogen-bond donors (Lipinski definition) is 1. The minimum atomic E-state index is -0.670. The van der Waals surface area contributed by atoms with Gasteiger partial charge in [-0.2, -0.15) is 0 Å². The zero-order chi connectivity index (χ0) is 18.5. The van der Waals surface area contributed by atoms with Crippen LogP contribution in [0.15, 0.2) is 41.3 Å². The van der Waals surface area contributed by atoms with Gasteiger partial charge < -0.3 is 19.5 Å². The van der Waals surface area contributed by atoms with Crippen LogP contribution in [0.5, 0.6) is 11.5 Å². The quantitative estimate of drug-likeness (QED) is 0.617. The predicted octanol–water partition coefficient (Wildman–Crippen LogP) is 3.63. The summed E-state index contributed by atoms with van der Waals surface area (Å²) in [4.78, 5) is 25.2. The molecule has 1 N–H and O–H groups in total. The zero-order valence-electron chi connectivity index (χ0n) is 13.9. The number of fused-ring (bicyclic) bond motifs is 1. The smallest absolute Gasteiger partial charge is 0.338 e. The van der Waals surface area contributed by atoms with Gasteiger partial charge in [-0.25, -0.2) is 4.79 Å². The van der Waals surface area contributed by atoms with Gasteiger partial charge >= 0.3 is 5.97 Å². The summed E-state index contributed by atoms with van der Waals surface area (Å²) in [5.41, 5.74) is 0.822. The average molecular weight is 394 g/mol. The molecule has 2 aromatic carbocycles. The van der Waals surface area contributed by atoms with Crippen molar-refractivity contribution in [1.82, 2.24) is 0 Å². The van der Waals surface area contributed by atoms with E-state index in [1.54, 1.807) is 23.9 Å². The summed E-state index contributed by atoms with van der Waals surface area (Å²) < 4.78 is 15.9. The van der Waals surface area contributed by atoms with Crippen molar-refractivity contribution < 1.29 is 23.8 Å². The first kappa shape index (κ1) is 18.4. The molecule has 3 rings (SSSR count).